The number of rotatable bonds is 5. The lowest BCUT2D eigenvalue weighted by Crippen LogP contribution is -2.38. The Morgan fingerprint density at radius 1 is 1.24 bits per heavy atom. The monoisotopic (exact) mass is 303 g/mol. The van der Waals surface area contributed by atoms with Crippen molar-refractivity contribution in [1.82, 2.24) is 15.6 Å². The van der Waals surface area contributed by atoms with E-state index in [1.165, 1.54) is 0 Å². The Hall–Kier alpha value is -2.07. The molecule has 21 heavy (non-hydrogen) atoms. The van der Waals surface area contributed by atoms with Gasteiger partial charge >= 0.3 is 6.03 Å². The minimum absolute atomic E-state index is 0.123. The van der Waals surface area contributed by atoms with Crippen molar-refractivity contribution in [2.75, 3.05) is 6.54 Å². The second kappa shape index (κ2) is 7.64. The van der Waals surface area contributed by atoms with Crippen LogP contribution >= 0.6 is 11.6 Å². The van der Waals surface area contributed by atoms with E-state index in [0.29, 0.717) is 11.6 Å². The van der Waals surface area contributed by atoms with Crippen LogP contribution in [0.3, 0.4) is 0 Å². The molecule has 2 amide bonds. The van der Waals surface area contributed by atoms with Crippen LogP contribution in [0, 0.1) is 0 Å². The Morgan fingerprint density at radius 2 is 2.00 bits per heavy atom. The molecular formula is C16H18ClN3O. The molecule has 4 nitrogen and oxygen atoms in total. The van der Waals surface area contributed by atoms with Gasteiger partial charge in [0.2, 0.25) is 0 Å². The molecule has 0 aliphatic carbocycles. The van der Waals surface area contributed by atoms with Gasteiger partial charge < -0.3 is 10.6 Å². The molecule has 0 aliphatic heterocycles. The van der Waals surface area contributed by atoms with Crippen LogP contribution in [0.2, 0.25) is 5.02 Å². The third-order valence-electron chi connectivity index (χ3n) is 3.09. The third kappa shape index (κ3) is 5.08. The van der Waals surface area contributed by atoms with Crippen LogP contribution < -0.4 is 10.6 Å². The van der Waals surface area contributed by atoms with Gasteiger partial charge in [0, 0.05) is 17.8 Å². The molecule has 0 fully saturated rings. The van der Waals surface area contributed by atoms with E-state index in [1.54, 1.807) is 6.20 Å². The quantitative estimate of drug-likeness (QED) is 0.890. The standard InChI is InChI=1S/C16H18ClN3O/c1-12(15-4-2-3-10-18-15)20-16(21)19-11-9-13-5-7-14(17)8-6-13/h2-8,10,12H,9,11H2,1H3,(H2,19,20,21)/t12-/m0/s1. The fraction of sp³-hybridized carbons (Fsp3) is 0.250. The van der Waals surface area contributed by atoms with Crippen molar-refractivity contribution in [3.63, 3.8) is 0 Å². The number of benzene rings is 1. The van der Waals surface area contributed by atoms with E-state index in [2.05, 4.69) is 15.6 Å². The third-order valence-corrected chi connectivity index (χ3v) is 3.34. The number of hydrogen-bond donors (Lipinski definition) is 2. The molecule has 2 N–H and O–H groups in total. The maximum absolute atomic E-state index is 11.8. The van der Waals surface area contributed by atoms with Crippen LogP contribution in [0.1, 0.15) is 24.2 Å². The van der Waals surface area contributed by atoms with Crippen LogP contribution in [-0.4, -0.2) is 17.6 Å². The van der Waals surface area contributed by atoms with Crippen molar-refractivity contribution in [3.8, 4) is 0 Å². The summed E-state index contributed by atoms with van der Waals surface area (Å²) in [5.74, 6) is 0. The highest BCUT2D eigenvalue weighted by atomic mass is 35.5. The first-order chi connectivity index (χ1) is 10.1. The Balaban J connectivity index is 1.73. The summed E-state index contributed by atoms with van der Waals surface area (Å²) in [6, 6.07) is 12.9. The molecule has 1 atom stereocenters. The van der Waals surface area contributed by atoms with E-state index in [9.17, 15) is 4.79 Å². The number of carbonyl (C=O) groups excluding carboxylic acids is 1. The number of amides is 2. The molecule has 2 rings (SSSR count). The van der Waals surface area contributed by atoms with Gasteiger partial charge in [-0.3, -0.25) is 4.98 Å². The van der Waals surface area contributed by atoms with Crippen molar-refractivity contribution in [1.29, 1.82) is 0 Å². The molecule has 0 spiro atoms. The SMILES string of the molecule is C[C@H](NC(=O)NCCc1ccc(Cl)cc1)c1ccccn1. The number of hydrogen-bond acceptors (Lipinski definition) is 2. The first-order valence-electron chi connectivity index (χ1n) is 6.85. The molecule has 2 aromatic rings. The molecule has 0 unspecified atom stereocenters. The lowest BCUT2D eigenvalue weighted by molar-refractivity contribution is 0.238. The summed E-state index contributed by atoms with van der Waals surface area (Å²) in [6.45, 7) is 2.48. The minimum Gasteiger partial charge on any atom is -0.338 e. The van der Waals surface area contributed by atoms with Gasteiger partial charge in [-0.15, -0.1) is 0 Å². The number of pyridine rings is 1. The van der Waals surface area contributed by atoms with E-state index < -0.39 is 0 Å². The molecule has 1 aromatic heterocycles. The Bertz CT molecular complexity index is 572. The summed E-state index contributed by atoms with van der Waals surface area (Å²) in [4.78, 5) is 16.0. The van der Waals surface area contributed by atoms with E-state index in [4.69, 9.17) is 11.6 Å². The fourth-order valence-electron chi connectivity index (χ4n) is 1.93. The first-order valence-corrected chi connectivity index (χ1v) is 7.22. The van der Waals surface area contributed by atoms with Gasteiger partial charge in [-0.2, -0.15) is 0 Å². The highest BCUT2D eigenvalue weighted by molar-refractivity contribution is 6.30. The minimum atomic E-state index is -0.192. The van der Waals surface area contributed by atoms with E-state index in [0.717, 1.165) is 17.7 Å². The highest BCUT2D eigenvalue weighted by Gasteiger charge is 2.09. The maximum atomic E-state index is 11.8. The van der Waals surface area contributed by atoms with Crippen molar-refractivity contribution < 1.29 is 4.79 Å². The molecule has 0 saturated heterocycles. The Kier molecular flexibility index (Phi) is 5.58. The average molecular weight is 304 g/mol. The Labute approximate surface area is 129 Å². The number of nitrogens with zero attached hydrogens (tertiary/aromatic N) is 1. The lowest BCUT2D eigenvalue weighted by Gasteiger charge is -2.14. The number of carbonyl (C=O) groups is 1. The number of nitrogens with one attached hydrogen (secondary N) is 2. The predicted octanol–water partition coefficient (Wildman–Crippen LogP) is 3.34. The van der Waals surface area contributed by atoms with Gasteiger partial charge in [0.05, 0.1) is 11.7 Å². The highest BCUT2D eigenvalue weighted by Crippen LogP contribution is 2.10. The summed E-state index contributed by atoms with van der Waals surface area (Å²) < 4.78 is 0. The second-order valence-electron chi connectivity index (χ2n) is 4.75. The van der Waals surface area contributed by atoms with Crippen LogP contribution in [0.5, 0.6) is 0 Å². The molecular weight excluding hydrogens is 286 g/mol. The Morgan fingerprint density at radius 3 is 2.67 bits per heavy atom. The van der Waals surface area contributed by atoms with Crippen molar-refractivity contribution in [2.45, 2.75) is 19.4 Å². The van der Waals surface area contributed by atoms with E-state index in [-0.39, 0.29) is 12.1 Å². The number of urea groups is 1. The summed E-state index contributed by atoms with van der Waals surface area (Å²) in [6.07, 6.45) is 2.48. The van der Waals surface area contributed by atoms with Crippen molar-refractivity contribution in [2.24, 2.45) is 0 Å². The van der Waals surface area contributed by atoms with Gasteiger partial charge in [0.15, 0.2) is 0 Å². The van der Waals surface area contributed by atoms with Crippen molar-refractivity contribution >= 4 is 17.6 Å². The van der Waals surface area contributed by atoms with Crippen LogP contribution in [-0.2, 0) is 6.42 Å². The zero-order chi connectivity index (χ0) is 15.1. The van der Waals surface area contributed by atoms with Gasteiger partial charge in [-0.1, -0.05) is 29.8 Å². The maximum Gasteiger partial charge on any atom is 0.315 e. The smallest absolute Gasteiger partial charge is 0.315 e. The van der Waals surface area contributed by atoms with Crippen LogP contribution in [0.4, 0.5) is 4.79 Å². The van der Waals surface area contributed by atoms with E-state index in [1.807, 2.05) is 49.4 Å². The number of halogens is 1. The van der Waals surface area contributed by atoms with Crippen LogP contribution in [0.15, 0.2) is 48.7 Å². The summed E-state index contributed by atoms with van der Waals surface area (Å²) >= 11 is 5.83. The van der Waals surface area contributed by atoms with Gasteiger partial charge in [0.1, 0.15) is 0 Å². The molecule has 0 bridgehead atoms. The summed E-state index contributed by atoms with van der Waals surface area (Å²) in [5.41, 5.74) is 1.97. The lowest BCUT2D eigenvalue weighted by atomic mass is 10.1. The van der Waals surface area contributed by atoms with Gasteiger partial charge in [-0.05, 0) is 43.2 Å². The van der Waals surface area contributed by atoms with Crippen molar-refractivity contribution in [3.05, 3.63) is 64.9 Å². The first kappa shape index (κ1) is 15.3. The fourth-order valence-corrected chi connectivity index (χ4v) is 2.05. The predicted molar refractivity (Wildman–Crippen MR) is 84.3 cm³/mol. The second-order valence-corrected chi connectivity index (χ2v) is 5.19. The molecule has 1 aromatic carbocycles. The molecule has 0 aliphatic rings. The van der Waals surface area contributed by atoms with Gasteiger partial charge in [-0.25, -0.2) is 4.79 Å². The average Bonchev–Trinajstić information content (AvgIpc) is 2.50. The molecule has 110 valence electrons. The number of aromatic nitrogens is 1. The molecule has 5 heteroatoms. The topological polar surface area (TPSA) is 54.0 Å². The van der Waals surface area contributed by atoms with E-state index >= 15 is 0 Å². The van der Waals surface area contributed by atoms with Crippen LogP contribution in [0.25, 0.3) is 0 Å². The van der Waals surface area contributed by atoms with Gasteiger partial charge in [0.25, 0.3) is 0 Å². The molecule has 0 saturated carbocycles. The summed E-state index contributed by atoms with van der Waals surface area (Å²) in [7, 11) is 0. The molecule has 0 radical (unpaired) electrons. The largest absolute Gasteiger partial charge is 0.338 e. The zero-order valence-corrected chi connectivity index (χ0v) is 12.6. The zero-order valence-electron chi connectivity index (χ0n) is 11.8. The summed E-state index contributed by atoms with van der Waals surface area (Å²) in [5, 5.41) is 6.41. The normalized spacial score (nSPS) is 11.7. The molecule has 1 heterocycles.